The van der Waals surface area contributed by atoms with Gasteiger partial charge in [-0.1, -0.05) is 25.0 Å². The minimum absolute atomic E-state index is 0.131. The average Bonchev–Trinajstić information content (AvgIpc) is 3.34. The lowest BCUT2D eigenvalue weighted by atomic mass is 10.1. The van der Waals surface area contributed by atoms with Gasteiger partial charge in [0.15, 0.2) is 5.82 Å². The number of fused-ring (bicyclic) bond motifs is 3. The highest BCUT2D eigenvalue weighted by Gasteiger charge is 2.61. The topological polar surface area (TPSA) is 166 Å². The number of aryl methyl sites for hydroxylation is 1. The Hall–Kier alpha value is -3.84. The maximum absolute atomic E-state index is 13.6. The lowest BCUT2D eigenvalue weighted by molar-refractivity contribution is -0.145. The second-order valence-corrected chi connectivity index (χ2v) is 12.0. The predicted molar refractivity (Wildman–Crippen MR) is 151 cm³/mol. The van der Waals surface area contributed by atoms with Crippen molar-refractivity contribution in [3.8, 4) is 17.4 Å². The number of aromatic nitrogens is 4. The van der Waals surface area contributed by atoms with Crippen LogP contribution in [-0.4, -0.2) is 77.8 Å². The predicted octanol–water partition coefficient (Wildman–Crippen LogP) is 2.25. The molecular weight excluding hydrogens is 546 g/mol. The Morgan fingerprint density at radius 2 is 2.10 bits per heavy atom. The maximum atomic E-state index is 13.6. The molecule has 2 aliphatic heterocycles. The summed E-state index contributed by atoms with van der Waals surface area (Å²) >= 11 is 1.44. The number of carbonyl (C=O) groups is 3. The van der Waals surface area contributed by atoms with E-state index in [1.54, 1.807) is 17.9 Å². The van der Waals surface area contributed by atoms with Crippen molar-refractivity contribution < 1.29 is 24.2 Å². The second kappa shape index (κ2) is 10.9. The number of aliphatic carboxylic acids is 1. The highest BCUT2D eigenvalue weighted by molar-refractivity contribution is 7.17. The first-order valence-electron chi connectivity index (χ1n) is 14.0. The Morgan fingerprint density at radius 1 is 1.24 bits per heavy atom. The third-order valence-electron chi connectivity index (χ3n) is 8.26. The minimum Gasteiger partial charge on any atom is -0.479 e. The van der Waals surface area contributed by atoms with Crippen molar-refractivity contribution in [2.24, 2.45) is 18.7 Å². The fraction of sp³-hybridized carbons (Fsp3) is 0.500. The van der Waals surface area contributed by atoms with Crippen LogP contribution in [0.5, 0.6) is 5.88 Å². The lowest BCUT2D eigenvalue weighted by Gasteiger charge is -2.27. The molecule has 2 amide bonds. The molecule has 4 N–H and O–H groups in total. The largest absolute Gasteiger partial charge is 0.479 e. The summed E-state index contributed by atoms with van der Waals surface area (Å²) in [5.41, 5.74) is 6.39. The summed E-state index contributed by atoms with van der Waals surface area (Å²) in [6.45, 7) is 0.131. The summed E-state index contributed by atoms with van der Waals surface area (Å²) < 4.78 is 8.82. The van der Waals surface area contributed by atoms with Crippen LogP contribution in [0.1, 0.15) is 44.9 Å². The van der Waals surface area contributed by atoms with Crippen LogP contribution in [0.15, 0.2) is 35.9 Å². The van der Waals surface area contributed by atoms with Crippen molar-refractivity contribution in [1.29, 1.82) is 0 Å². The van der Waals surface area contributed by atoms with Gasteiger partial charge >= 0.3 is 5.97 Å². The molecule has 1 aliphatic carbocycles. The summed E-state index contributed by atoms with van der Waals surface area (Å²) in [6, 6.07) is 2.02. The third kappa shape index (κ3) is 5.19. The van der Waals surface area contributed by atoms with Crippen molar-refractivity contribution >= 4 is 39.3 Å². The maximum Gasteiger partial charge on any atom is 0.330 e. The molecule has 1 saturated carbocycles. The van der Waals surface area contributed by atoms with E-state index in [-0.39, 0.29) is 24.8 Å². The number of nitrogens with zero attached hydrogens (tertiary/aromatic N) is 5. The molecule has 12 nitrogen and oxygen atoms in total. The van der Waals surface area contributed by atoms with Gasteiger partial charge in [0.2, 0.25) is 17.7 Å². The molecule has 3 aromatic rings. The van der Waals surface area contributed by atoms with E-state index in [0.717, 1.165) is 41.6 Å². The molecule has 0 spiro atoms. The number of rotatable bonds is 4. The van der Waals surface area contributed by atoms with Crippen LogP contribution in [0.3, 0.4) is 0 Å². The number of carboxylic acids is 1. The van der Waals surface area contributed by atoms with Crippen LogP contribution in [0.2, 0.25) is 0 Å². The number of ether oxygens (including phenoxy) is 1. The fourth-order valence-electron chi connectivity index (χ4n) is 5.82. The van der Waals surface area contributed by atoms with E-state index in [4.69, 9.17) is 10.5 Å². The molecule has 5 atom stereocenters. The first-order valence-corrected chi connectivity index (χ1v) is 14.8. The molecule has 3 aromatic heterocycles. The van der Waals surface area contributed by atoms with Gasteiger partial charge in [-0.3, -0.25) is 14.3 Å². The molecule has 13 heteroatoms. The molecule has 5 heterocycles. The SMILES string of the molecule is Cn1nccc1-c1nc(O[C@@H]2C[C@H]3C(=O)N[C@]4(C(=O)O)C[C@H]4C=CCCCCCC(N)C(=O)N3C2)c2sccc2n1. The number of nitrogens with two attached hydrogens (primary N) is 1. The van der Waals surface area contributed by atoms with Crippen molar-refractivity contribution in [2.75, 3.05) is 6.54 Å². The molecule has 0 radical (unpaired) electrons. The Kier molecular flexibility index (Phi) is 7.24. The monoisotopic (exact) mass is 579 g/mol. The Bertz CT molecular complexity index is 1520. The van der Waals surface area contributed by atoms with Crippen molar-refractivity contribution in [2.45, 2.75) is 68.7 Å². The summed E-state index contributed by atoms with van der Waals surface area (Å²) in [5, 5.41) is 18.9. The smallest absolute Gasteiger partial charge is 0.330 e. The van der Waals surface area contributed by atoms with Gasteiger partial charge in [0.25, 0.3) is 0 Å². The first-order chi connectivity index (χ1) is 19.8. The summed E-state index contributed by atoms with van der Waals surface area (Å²) in [4.78, 5) is 50.2. The second-order valence-electron chi connectivity index (χ2n) is 11.1. The van der Waals surface area contributed by atoms with Gasteiger partial charge in [0.05, 0.1) is 18.1 Å². The molecule has 3 aliphatic rings. The highest BCUT2D eigenvalue weighted by Crippen LogP contribution is 2.45. The Balaban J connectivity index is 1.29. The number of hydrogen-bond donors (Lipinski definition) is 3. The molecule has 216 valence electrons. The summed E-state index contributed by atoms with van der Waals surface area (Å²) in [6.07, 6.45) is 9.45. The summed E-state index contributed by atoms with van der Waals surface area (Å²) in [5.74, 6) is -1.39. The van der Waals surface area contributed by atoms with Crippen molar-refractivity contribution in [3.05, 3.63) is 35.9 Å². The Labute approximate surface area is 240 Å². The van der Waals surface area contributed by atoms with Gasteiger partial charge < -0.3 is 25.8 Å². The molecular formula is C28H33N7O5S. The van der Waals surface area contributed by atoms with Crippen molar-refractivity contribution in [1.82, 2.24) is 30.0 Å². The Morgan fingerprint density at radius 3 is 2.88 bits per heavy atom. The third-order valence-corrected chi connectivity index (χ3v) is 9.15. The number of allylic oxidation sites excluding steroid dienone is 1. The molecule has 0 bridgehead atoms. The van der Waals surface area contributed by atoms with Crippen LogP contribution < -0.4 is 15.8 Å². The molecule has 1 unspecified atom stereocenters. The van der Waals surface area contributed by atoms with Crippen LogP contribution in [0, 0.1) is 5.92 Å². The van der Waals surface area contributed by atoms with Crippen LogP contribution in [-0.2, 0) is 21.4 Å². The summed E-state index contributed by atoms with van der Waals surface area (Å²) in [7, 11) is 1.80. The average molecular weight is 580 g/mol. The number of hydrogen-bond acceptors (Lipinski definition) is 9. The molecule has 1 saturated heterocycles. The number of thiophene rings is 1. The standard InChI is InChI=1S/C28H33N7O5S/c1-34-20(9-11-30-34)23-31-19-10-12-41-22(19)25(32-23)40-17-13-21-24(36)33-28(27(38)39)14-16(28)7-5-3-2-4-6-8-18(29)26(37)35(21)15-17/h5,7,9-12,16-18,21H,2-4,6,8,13-15,29H2,1H3,(H,33,36)(H,38,39)/t16-,17-,18?,21+,28-/m1/s1. The van der Waals surface area contributed by atoms with Gasteiger partial charge in [-0.05, 0) is 43.2 Å². The van der Waals surface area contributed by atoms with Gasteiger partial charge in [-0.2, -0.15) is 10.1 Å². The van der Waals surface area contributed by atoms with Gasteiger partial charge in [-0.25, -0.2) is 9.78 Å². The fourth-order valence-corrected chi connectivity index (χ4v) is 6.59. The quantitative estimate of drug-likeness (QED) is 0.393. The number of carbonyl (C=O) groups excluding carboxylic acids is 2. The van der Waals surface area contributed by atoms with E-state index in [1.165, 1.54) is 16.2 Å². The van der Waals surface area contributed by atoms with E-state index in [0.29, 0.717) is 24.5 Å². The van der Waals surface area contributed by atoms with Gasteiger partial charge in [-0.15, -0.1) is 11.3 Å². The van der Waals surface area contributed by atoms with E-state index < -0.39 is 35.6 Å². The van der Waals surface area contributed by atoms with Crippen LogP contribution >= 0.6 is 11.3 Å². The molecule has 6 rings (SSSR count). The van der Waals surface area contributed by atoms with Gasteiger partial charge in [0, 0.05) is 25.6 Å². The van der Waals surface area contributed by atoms with Gasteiger partial charge in [0.1, 0.15) is 28.1 Å². The van der Waals surface area contributed by atoms with E-state index in [2.05, 4.69) is 20.4 Å². The first kappa shape index (κ1) is 27.3. The van der Waals surface area contributed by atoms with E-state index in [9.17, 15) is 19.5 Å². The van der Waals surface area contributed by atoms with Crippen LogP contribution in [0.4, 0.5) is 0 Å². The van der Waals surface area contributed by atoms with E-state index in [1.807, 2.05) is 29.7 Å². The number of nitrogens with one attached hydrogen (secondary N) is 1. The van der Waals surface area contributed by atoms with Crippen molar-refractivity contribution in [3.63, 3.8) is 0 Å². The zero-order chi connectivity index (χ0) is 28.7. The number of amides is 2. The number of carboxylic acid groups (broad SMARTS) is 1. The molecule has 0 aromatic carbocycles. The lowest BCUT2D eigenvalue weighted by Crippen LogP contribution is -2.55. The normalized spacial score (nSPS) is 28.9. The zero-order valence-electron chi connectivity index (χ0n) is 22.7. The zero-order valence-corrected chi connectivity index (χ0v) is 23.5. The minimum atomic E-state index is -1.36. The van der Waals surface area contributed by atoms with E-state index >= 15 is 0 Å². The molecule has 2 fully saturated rings. The molecule has 41 heavy (non-hydrogen) atoms. The highest BCUT2D eigenvalue weighted by atomic mass is 32.1. The van der Waals surface area contributed by atoms with Crippen LogP contribution in [0.25, 0.3) is 21.7 Å².